The molecule has 132 valence electrons. The van der Waals surface area contributed by atoms with E-state index >= 15 is 0 Å². The number of amides is 1. The molecule has 1 unspecified atom stereocenters. The van der Waals surface area contributed by atoms with Gasteiger partial charge < -0.3 is 10.2 Å². The summed E-state index contributed by atoms with van der Waals surface area (Å²) in [6.45, 7) is 3.22. The molecular formula is C21H25ClN2O. The van der Waals surface area contributed by atoms with Crippen LogP contribution in [0.5, 0.6) is 0 Å². The van der Waals surface area contributed by atoms with Crippen LogP contribution in [-0.4, -0.2) is 19.5 Å². The normalized spacial score (nSPS) is 15.7. The first-order valence-electron chi connectivity index (χ1n) is 8.99. The molecule has 0 heterocycles. The van der Waals surface area contributed by atoms with E-state index in [0.29, 0.717) is 5.56 Å². The van der Waals surface area contributed by atoms with Crippen molar-refractivity contribution in [1.82, 2.24) is 5.32 Å². The minimum absolute atomic E-state index is 0.0180. The highest BCUT2D eigenvalue weighted by atomic mass is 35.5. The quantitative estimate of drug-likeness (QED) is 0.790. The van der Waals surface area contributed by atoms with Crippen LogP contribution in [0.25, 0.3) is 0 Å². The van der Waals surface area contributed by atoms with E-state index in [9.17, 15) is 4.79 Å². The highest BCUT2D eigenvalue weighted by Crippen LogP contribution is 2.33. The van der Waals surface area contributed by atoms with E-state index in [4.69, 9.17) is 11.6 Å². The second-order valence-corrected chi connectivity index (χ2v) is 7.17. The number of carbonyl (C=O) groups is 1. The van der Waals surface area contributed by atoms with Gasteiger partial charge in [0.15, 0.2) is 0 Å². The van der Waals surface area contributed by atoms with Crippen molar-refractivity contribution in [1.29, 1.82) is 0 Å². The summed E-state index contributed by atoms with van der Waals surface area (Å²) in [4.78, 5) is 14.8. The molecule has 0 radical (unpaired) electrons. The Hall–Kier alpha value is -2.00. The molecule has 1 N–H and O–H groups in total. The average molecular weight is 357 g/mol. The summed E-state index contributed by atoms with van der Waals surface area (Å²) < 4.78 is 0. The van der Waals surface area contributed by atoms with Gasteiger partial charge >= 0.3 is 0 Å². The fraction of sp³-hybridized carbons (Fsp3) is 0.381. The van der Waals surface area contributed by atoms with Crippen molar-refractivity contribution in [2.75, 3.05) is 18.5 Å². The summed E-state index contributed by atoms with van der Waals surface area (Å²) in [6, 6.07) is 13.9. The second kappa shape index (κ2) is 7.92. The second-order valence-electron chi connectivity index (χ2n) is 6.73. The lowest BCUT2D eigenvalue weighted by atomic mass is 10.1. The number of fused-ring (bicyclic) bond motifs is 1. The number of rotatable bonds is 6. The van der Waals surface area contributed by atoms with E-state index < -0.39 is 0 Å². The Morgan fingerprint density at radius 2 is 2.00 bits per heavy atom. The summed E-state index contributed by atoms with van der Waals surface area (Å²) in [6.07, 6.45) is 4.24. The van der Waals surface area contributed by atoms with Crippen molar-refractivity contribution in [2.24, 2.45) is 0 Å². The number of benzene rings is 2. The summed E-state index contributed by atoms with van der Waals surface area (Å²) in [7, 11) is 2.09. The van der Waals surface area contributed by atoms with Gasteiger partial charge in [-0.3, -0.25) is 4.79 Å². The van der Waals surface area contributed by atoms with E-state index in [1.54, 1.807) is 0 Å². The standard InChI is InChI=1S/C21H25ClN2O/c1-3-4-13-24(2)18-9-5-15(6-10-18)21(25)23-20-12-7-16-14-17(22)8-11-19(16)20/h5-6,8-11,14,20H,3-4,7,12-13H2,1-2H3,(H,23,25). The Labute approximate surface area is 155 Å². The SMILES string of the molecule is CCCCN(C)c1ccc(C(=O)NC2CCc3cc(Cl)ccc32)cc1. The molecule has 1 aliphatic carbocycles. The minimum Gasteiger partial charge on any atom is -0.375 e. The third-order valence-electron chi connectivity index (χ3n) is 4.91. The van der Waals surface area contributed by atoms with Crippen molar-refractivity contribution >= 4 is 23.2 Å². The Balaban J connectivity index is 1.65. The van der Waals surface area contributed by atoms with Crippen LogP contribution in [-0.2, 0) is 6.42 Å². The molecule has 3 nitrogen and oxygen atoms in total. The van der Waals surface area contributed by atoms with E-state index in [1.165, 1.54) is 24.0 Å². The Kier molecular flexibility index (Phi) is 5.64. The number of nitrogens with one attached hydrogen (secondary N) is 1. The lowest BCUT2D eigenvalue weighted by Crippen LogP contribution is -2.27. The number of unbranched alkanes of at least 4 members (excludes halogenated alkanes) is 1. The smallest absolute Gasteiger partial charge is 0.251 e. The molecule has 0 saturated heterocycles. The van der Waals surface area contributed by atoms with Crippen LogP contribution < -0.4 is 10.2 Å². The molecule has 1 aliphatic rings. The van der Waals surface area contributed by atoms with Gasteiger partial charge in [-0.2, -0.15) is 0 Å². The van der Waals surface area contributed by atoms with Gasteiger partial charge in [-0.1, -0.05) is 31.0 Å². The van der Waals surface area contributed by atoms with Gasteiger partial charge in [0.2, 0.25) is 0 Å². The molecule has 1 amide bonds. The minimum atomic E-state index is -0.0180. The van der Waals surface area contributed by atoms with Gasteiger partial charge in [0, 0.05) is 29.9 Å². The van der Waals surface area contributed by atoms with Crippen LogP contribution >= 0.6 is 11.6 Å². The van der Waals surface area contributed by atoms with E-state index in [-0.39, 0.29) is 11.9 Å². The van der Waals surface area contributed by atoms with Crippen molar-refractivity contribution < 1.29 is 4.79 Å². The molecule has 0 fully saturated rings. The highest BCUT2D eigenvalue weighted by Gasteiger charge is 2.24. The maximum absolute atomic E-state index is 12.6. The fourth-order valence-electron chi connectivity index (χ4n) is 3.37. The third kappa shape index (κ3) is 4.16. The van der Waals surface area contributed by atoms with E-state index in [0.717, 1.165) is 30.1 Å². The van der Waals surface area contributed by atoms with Crippen LogP contribution in [0.3, 0.4) is 0 Å². The van der Waals surface area contributed by atoms with Crippen molar-refractivity contribution in [2.45, 2.75) is 38.6 Å². The van der Waals surface area contributed by atoms with Gasteiger partial charge in [-0.05, 0) is 66.8 Å². The number of carbonyl (C=O) groups excluding carboxylic acids is 1. The number of hydrogen-bond acceptors (Lipinski definition) is 2. The first-order chi connectivity index (χ1) is 12.1. The van der Waals surface area contributed by atoms with Gasteiger partial charge in [-0.15, -0.1) is 0 Å². The summed E-state index contributed by atoms with van der Waals surface area (Å²) >= 11 is 6.05. The molecule has 4 heteroatoms. The molecule has 0 aliphatic heterocycles. The molecule has 0 spiro atoms. The first-order valence-corrected chi connectivity index (χ1v) is 9.36. The third-order valence-corrected chi connectivity index (χ3v) is 5.14. The number of nitrogens with zero attached hydrogens (tertiary/aromatic N) is 1. The monoisotopic (exact) mass is 356 g/mol. The van der Waals surface area contributed by atoms with Gasteiger partial charge in [-0.25, -0.2) is 0 Å². The van der Waals surface area contributed by atoms with Gasteiger partial charge in [0.05, 0.1) is 6.04 Å². The predicted molar refractivity (Wildman–Crippen MR) is 105 cm³/mol. The molecular weight excluding hydrogens is 332 g/mol. The molecule has 3 rings (SSSR count). The first kappa shape index (κ1) is 17.8. The predicted octanol–water partition coefficient (Wildman–Crippen LogP) is 4.99. The van der Waals surface area contributed by atoms with Crippen LogP contribution in [0.15, 0.2) is 42.5 Å². The van der Waals surface area contributed by atoms with Crippen LogP contribution in [0.2, 0.25) is 5.02 Å². The molecule has 25 heavy (non-hydrogen) atoms. The Morgan fingerprint density at radius 3 is 2.72 bits per heavy atom. The Morgan fingerprint density at radius 1 is 1.24 bits per heavy atom. The number of aryl methyl sites for hydroxylation is 1. The van der Waals surface area contributed by atoms with Gasteiger partial charge in [0.25, 0.3) is 5.91 Å². The maximum atomic E-state index is 12.6. The summed E-state index contributed by atoms with van der Waals surface area (Å²) in [5, 5.41) is 3.92. The van der Waals surface area contributed by atoms with E-state index in [2.05, 4.69) is 24.2 Å². The number of halogens is 1. The molecule has 2 aromatic rings. The van der Waals surface area contributed by atoms with Gasteiger partial charge in [0.1, 0.15) is 0 Å². The maximum Gasteiger partial charge on any atom is 0.251 e. The van der Waals surface area contributed by atoms with Crippen molar-refractivity contribution in [3.8, 4) is 0 Å². The zero-order valence-electron chi connectivity index (χ0n) is 14.9. The topological polar surface area (TPSA) is 32.3 Å². The lowest BCUT2D eigenvalue weighted by Gasteiger charge is -2.19. The summed E-state index contributed by atoms with van der Waals surface area (Å²) in [5.74, 6) is -0.0180. The van der Waals surface area contributed by atoms with Crippen LogP contribution in [0.4, 0.5) is 5.69 Å². The fourth-order valence-corrected chi connectivity index (χ4v) is 3.56. The summed E-state index contributed by atoms with van der Waals surface area (Å²) in [5.41, 5.74) is 4.28. The largest absolute Gasteiger partial charge is 0.375 e. The average Bonchev–Trinajstić information content (AvgIpc) is 3.01. The lowest BCUT2D eigenvalue weighted by molar-refractivity contribution is 0.0937. The number of anilines is 1. The zero-order chi connectivity index (χ0) is 17.8. The van der Waals surface area contributed by atoms with Crippen molar-refractivity contribution in [3.63, 3.8) is 0 Å². The molecule has 0 aromatic heterocycles. The van der Waals surface area contributed by atoms with Crippen molar-refractivity contribution in [3.05, 3.63) is 64.2 Å². The molecule has 0 saturated carbocycles. The molecule has 2 aromatic carbocycles. The Bertz CT molecular complexity index is 742. The number of hydrogen-bond donors (Lipinski definition) is 1. The molecule has 1 atom stereocenters. The zero-order valence-corrected chi connectivity index (χ0v) is 15.6. The highest BCUT2D eigenvalue weighted by molar-refractivity contribution is 6.30. The van der Waals surface area contributed by atoms with Crippen LogP contribution in [0.1, 0.15) is 53.7 Å². The molecule has 0 bridgehead atoms. The van der Waals surface area contributed by atoms with E-state index in [1.807, 2.05) is 42.5 Å². The van der Waals surface area contributed by atoms with Crippen LogP contribution in [0, 0.1) is 0 Å².